The summed E-state index contributed by atoms with van der Waals surface area (Å²) in [4.78, 5) is 12.5. The third-order valence-electron chi connectivity index (χ3n) is 4.49. The molecule has 0 saturated carbocycles. The molecular weight excluding hydrogens is 340 g/mol. The van der Waals surface area contributed by atoms with Gasteiger partial charge in [-0.3, -0.25) is 0 Å². The van der Waals surface area contributed by atoms with Crippen LogP contribution in [0.3, 0.4) is 0 Å². The maximum absolute atomic E-state index is 12.5. The summed E-state index contributed by atoms with van der Waals surface area (Å²) in [5.41, 5.74) is 3.01. The molecule has 27 heavy (non-hydrogen) atoms. The number of esters is 1. The first-order valence-corrected chi connectivity index (χ1v) is 9.33. The van der Waals surface area contributed by atoms with Crippen LogP contribution in [0.1, 0.15) is 54.7 Å². The zero-order valence-corrected chi connectivity index (χ0v) is 16.8. The molecule has 1 saturated heterocycles. The van der Waals surface area contributed by atoms with E-state index in [9.17, 15) is 4.79 Å². The van der Waals surface area contributed by atoms with Crippen molar-refractivity contribution < 1.29 is 19.0 Å². The maximum atomic E-state index is 12.5. The normalized spacial score (nSPS) is 18.9. The Morgan fingerprint density at radius 3 is 2.44 bits per heavy atom. The van der Waals surface area contributed by atoms with Gasteiger partial charge in [0.1, 0.15) is 18.0 Å². The van der Waals surface area contributed by atoms with Crippen LogP contribution in [0.4, 0.5) is 0 Å². The summed E-state index contributed by atoms with van der Waals surface area (Å²) in [5.74, 6) is 0.382. The van der Waals surface area contributed by atoms with Gasteiger partial charge in [-0.15, -0.1) is 0 Å². The van der Waals surface area contributed by atoms with Gasteiger partial charge in [0.25, 0.3) is 0 Å². The van der Waals surface area contributed by atoms with E-state index in [1.165, 1.54) is 0 Å². The van der Waals surface area contributed by atoms with Crippen LogP contribution in [0.5, 0.6) is 5.75 Å². The molecule has 0 radical (unpaired) electrons. The first-order chi connectivity index (χ1) is 12.7. The third-order valence-corrected chi connectivity index (χ3v) is 4.49. The molecule has 0 spiro atoms. The SMILES string of the molecule is Cc1cc(C(=O)OC(C)(C)C)cc(OCc2ccccc2)c1CC1(C)CO1. The number of aryl methyl sites for hydroxylation is 1. The second-order valence-electron chi connectivity index (χ2n) is 8.46. The molecule has 1 aliphatic heterocycles. The number of hydrogen-bond acceptors (Lipinski definition) is 4. The Bertz CT molecular complexity index is 814. The van der Waals surface area contributed by atoms with Crippen molar-refractivity contribution >= 4 is 5.97 Å². The predicted octanol–water partition coefficient (Wildman–Crippen LogP) is 4.86. The van der Waals surface area contributed by atoms with Crippen molar-refractivity contribution in [1.82, 2.24) is 0 Å². The van der Waals surface area contributed by atoms with Crippen LogP contribution in [-0.2, 0) is 22.5 Å². The number of rotatable bonds is 6. The largest absolute Gasteiger partial charge is 0.489 e. The lowest BCUT2D eigenvalue weighted by molar-refractivity contribution is 0.00689. The van der Waals surface area contributed by atoms with Crippen molar-refractivity contribution in [3.05, 3.63) is 64.7 Å². The zero-order chi connectivity index (χ0) is 19.7. The summed E-state index contributed by atoms with van der Waals surface area (Å²) in [6.07, 6.45) is 0.761. The van der Waals surface area contributed by atoms with Gasteiger partial charge in [0, 0.05) is 12.0 Å². The summed E-state index contributed by atoms with van der Waals surface area (Å²) in [7, 11) is 0. The summed E-state index contributed by atoms with van der Waals surface area (Å²) >= 11 is 0. The van der Waals surface area contributed by atoms with Crippen molar-refractivity contribution in [2.45, 2.75) is 58.8 Å². The molecule has 1 aliphatic rings. The van der Waals surface area contributed by atoms with E-state index in [4.69, 9.17) is 14.2 Å². The quantitative estimate of drug-likeness (QED) is 0.540. The Hall–Kier alpha value is -2.33. The van der Waals surface area contributed by atoms with Gasteiger partial charge in [-0.1, -0.05) is 30.3 Å². The molecule has 2 aromatic carbocycles. The van der Waals surface area contributed by atoms with E-state index in [1.807, 2.05) is 64.1 Å². The maximum Gasteiger partial charge on any atom is 0.338 e. The van der Waals surface area contributed by atoms with E-state index in [0.717, 1.165) is 35.5 Å². The van der Waals surface area contributed by atoms with Crippen LogP contribution in [0.15, 0.2) is 42.5 Å². The highest BCUT2D eigenvalue weighted by atomic mass is 16.6. The van der Waals surface area contributed by atoms with Gasteiger partial charge in [-0.25, -0.2) is 4.79 Å². The van der Waals surface area contributed by atoms with E-state index < -0.39 is 5.60 Å². The summed E-state index contributed by atoms with van der Waals surface area (Å²) in [6, 6.07) is 13.7. The smallest absolute Gasteiger partial charge is 0.338 e. The van der Waals surface area contributed by atoms with E-state index in [2.05, 4.69) is 6.92 Å². The van der Waals surface area contributed by atoms with E-state index >= 15 is 0 Å². The lowest BCUT2D eigenvalue weighted by Crippen LogP contribution is -2.24. The summed E-state index contributed by atoms with van der Waals surface area (Å²) < 4.78 is 17.2. The van der Waals surface area contributed by atoms with Crippen LogP contribution in [0, 0.1) is 6.92 Å². The molecule has 144 valence electrons. The van der Waals surface area contributed by atoms with Gasteiger partial charge in [-0.2, -0.15) is 0 Å². The molecule has 3 rings (SSSR count). The average molecular weight is 368 g/mol. The molecule has 1 heterocycles. The minimum absolute atomic E-state index is 0.136. The Balaban J connectivity index is 1.89. The minimum atomic E-state index is -0.538. The molecule has 1 atom stereocenters. The van der Waals surface area contributed by atoms with Crippen LogP contribution >= 0.6 is 0 Å². The number of carbonyl (C=O) groups is 1. The van der Waals surface area contributed by atoms with Crippen molar-refractivity contribution in [2.24, 2.45) is 0 Å². The van der Waals surface area contributed by atoms with Crippen molar-refractivity contribution in [3.63, 3.8) is 0 Å². The first kappa shape index (κ1) is 19.4. The molecule has 1 unspecified atom stereocenters. The standard InChI is InChI=1S/C23H28O4/c1-16-11-18(21(24)27-22(2,3)4)12-20(19(16)13-23(5)15-26-23)25-14-17-9-7-6-8-10-17/h6-12H,13-15H2,1-5H3. The molecule has 4 heteroatoms. The average Bonchev–Trinajstić information content (AvgIpc) is 3.32. The predicted molar refractivity (Wildman–Crippen MR) is 105 cm³/mol. The highest BCUT2D eigenvalue weighted by molar-refractivity contribution is 5.90. The van der Waals surface area contributed by atoms with Crippen LogP contribution in [0.2, 0.25) is 0 Å². The van der Waals surface area contributed by atoms with E-state index in [-0.39, 0.29) is 11.6 Å². The number of ether oxygens (including phenoxy) is 3. The molecule has 0 N–H and O–H groups in total. The molecule has 0 amide bonds. The Kier molecular flexibility index (Phi) is 5.29. The van der Waals surface area contributed by atoms with Gasteiger partial charge in [0.15, 0.2) is 0 Å². The highest BCUT2D eigenvalue weighted by Gasteiger charge is 2.40. The first-order valence-electron chi connectivity index (χ1n) is 9.33. The molecule has 0 aromatic heterocycles. The monoisotopic (exact) mass is 368 g/mol. The summed E-state index contributed by atoms with van der Waals surface area (Å²) in [6.45, 7) is 10.9. The number of epoxide rings is 1. The van der Waals surface area contributed by atoms with Gasteiger partial charge in [-0.05, 0) is 57.9 Å². The fourth-order valence-corrected chi connectivity index (χ4v) is 2.93. The topological polar surface area (TPSA) is 48.1 Å². The number of benzene rings is 2. The van der Waals surface area contributed by atoms with Gasteiger partial charge in [0.05, 0.1) is 17.8 Å². The van der Waals surface area contributed by atoms with E-state index in [1.54, 1.807) is 6.07 Å². The summed E-state index contributed by atoms with van der Waals surface area (Å²) in [5, 5.41) is 0. The third kappa shape index (κ3) is 5.33. The van der Waals surface area contributed by atoms with Crippen LogP contribution in [0.25, 0.3) is 0 Å². The van der Waals surface area contributed by atoms with Crippen molar-refractivity contribution in [3.8, 4) is 5.75 Å². The second-order valence-corrected chi connectivity index (χ2v) is 8.46. The number of carbonyl (C=O) groups excluding carboxylic acids is 1. The molecule has 0 bridgehead atoms. The Morgan fingerprint density at radius 1 is 1.19 bits per heavy atom. The Morgan fingerprint density at radius 2 is 1.85 bits per heavy atom. The van der Waals surface area contributed by atoms with Gasteiger partial charge < -0.3 is 14.2 Å². The molecule has 1 fully saturated rings. The lowest BCUT2D eigenvalue weighted by Gasteiger charge is -2.21. The fourth-order valence-electron chi connectivity index (χ4n) is 2.93. The second kappa shape index (κ2) is 7.35. The van der Waals surface area contributed by atoms with Gasteiger partial charge in [0.2, 0.25) is 0 Å². The Labute approximate surface area is 161 Å². The van der Waals surface area contributed by atoms with E-state index in [0.29, 0.717) is 12.2 Å². The van der Waals surface area contributed by atoms with Crippen LogP contribution in [-0.4, -0.2) is 23.8 Å². The van der Waals surface area contributed by atoms with Crippen molar-refractivity contribution in [2.75, 3.05) is 6.61 Å². The minimum Gasteiger partial charge on any atom is -0.489 e. The lowest BCUT2D eigenvalue weighted by atomic mass is 9.95. The zero-order valence-electron chi connectivity index (χ0n) is 16.8. The number of hydrogen-bond donors (Lipinski definition) is 0. The highest BCUT2D eigenvalue weighted by Crippen LogP contribution is 2.36. The van der Waals surface area contributed by atoms with Gasteiger partial charge >= 0.3 is 5.97 Å². The molecule has 2 aromatic rings. The molecule has 0 aliphatic carbocycles. The van der Waals surface area contributed by atoms with Crippen molar-refractivity contribution in [1.29, 1.82) is 0 Å². The fraction of sp³-hybridized carbons (Fsp3) is 0.435. The molecular formula is C23H28O4. The van der Waals surface area contributed by atoms with Crippen LogP contribution < -0.4 is 4.74 Å². The molecule has 4 nitrogen and oxygen atoms in total.